The summed E-state index contributed by atoms with van der Waals surface area (Å²) in [4.78, 5) is 40.0. The first-order valence-electron chi connectivity index (χ1n) is 12.3. The molecule has 2 fully saturated rings. The molecule has 2 aliphatic rings. The van der Waals surface area contributed by atoms with Crippen LogP contribution in [0.5, 0.6) is 0 Å². The van der Waals surface area contributed by atoms with E-state index in [-0.39, 0.29) is 17.9 Å². The second-order valence-electron chi connectivity index (χ2n) is 9.53. The van der Waals surface area contributed by atoms with E-state index in [4.69, 9.17) is 16.6 Å². The number of amidine groups is 1. The van der Waals surface area contributed by atoms with Gasteiger partial charge in [0.05, 0.1) is 22.9 Å². The number of likely N-dealkylation sites (N-methyl/N-ethyl adjacent to an activating group) is 1. The van der Waals surface area contributed by atoms with Crippen LogP contribution in [0.15, 0.2) is 53.7 Å². The lowest BCUT2D eigenvalue weighted by Crippen LogP contribution is -2.38. The number of carbonyl (C=O) groups excluding carboxylic acids is 2. The molecule has 0 bridgehead atoms. The topological polar surface area (TPSA) is 80.9 Å². The molecule has 36 heavy (non-hydrogen) atoms. The number of likely N-dealkylation sites (tertiary alicyclic amines) is 1. The first-order chi connectivity index (χ1) is 17.3. The Bertz CT molecular complexity index is 1180. The normalized spacial score (nSPS) is 19.1. The molecular weight excluding hydrogens is 476 g/mol. The molecule has 2 amide bonds. The van der Waals surface area contributed by atoms with Gasteiger partial charge in [-0.15, -0.1) is 0 Å². The highest BCUT2D eigenvalue weighted by Gasteiger charge is 2.35. The van der Waals surface area contributed by atoms with Crippen LogP contribution < -0.4 is 5.32 Å². The Morgan fingerprint density at radius 1 is 1.28 bits per heavy atom. The number of aliphatic imine (C=N–C) groups is 1. The number of nitrogens with one attached hydrogen (secondary N) is 1. The van der Waals surface area contributed by atoms with E-state index in [1.54, 1.807) is 29.3 Å². The molecule has 0 unspecified atom stereocenters. The highest BCUT2D eigenvalue weighted by molar-refractivity contribution is 6.34. The van der Waals surface area contributed by atoms with Crippen molar-refractivity contribution < 1.29 is 9.59 Å². The number of pyridine rings is 1. The van der Waals surface area contributed by atoms with Crippen molar-refractivity contribution in [2.75, 3.05) is 45.6 Å². The van der Waals surface area contributed by atoms with Crippen molar-refractivity contribution in [3.8, 4) is 0 Å². The van der Waals surface area contributed by atoms with Crippen LogP contribution in [-0.2, 0) is 4.79 Å². The van der Waals surface area contributed by atoms with Gasteiger partial charge in [-0.1, -0.05) is 23.7 Å². The number of carbonyl (C=O) groups is 2. The van der Waals surface area contributed by atoms with Crippen LogP contribution in [0.3, 0.4) is 0 Å². The van der Waals surface area contributed by atoms with Crippen molar-refractivity contribution in [2.45, 2.75) is 32.2 Å². The fourth-order valence-corrected chi connectivity index (χ4v) is 4.47. The van der Waals surface area contributed by atoms with Crippen LogP contribution in [0.1, 0.15) is 35.3 Å². The number of nitrogens with zero attached hydrogens (tertiary/aromatic N) is 5. The molecule has 9 heteroatoms. The second-order valence-corrected chi connectivity index (χ2v) is 9.93. The summed E-state index contributed by atoms with van der Waals surface area (Å²) in [6.45, 7) is 4.41. The lowest BCUT2D eigenvalue weighted by molar-refractivity contribution is -0.126. The van der Waals surface area contributed by atoms with Gasteiger partial charge in [-0.2, -0.15) is 0 Å². The van der Waals surface area contributed by atoms with E-state index >= 15 is 0 Å². The van der Waals surface area contributed by atoms with E-state index in [0.717, 1.165) is 43.7 Å². The quantitative estimate of drug-likeness (QED) is 0.449. The summed E-state index contributed by atoms with van der Waals surface area (Å²) in [5.41, 5.74) is 2.81. The number of aromatic nitrogens is 1. The number of benzene rings is 1. The molecule has 2 aliphatic heterocycles. The number of hydrogen-bond acceptors (Lipinski definition) is 6. The van der Waals surface area contributed by atoms with Gasteiger partial charge in [0.25, 0.3) is 5.91 Å². The van der Waals surface area contributed by atoms with Gasteiger partial charge in [0.1, 0.15) is 5.84 Å². The van der Waals surface area contributed by atoms with Crippen LogP contribution in [-0.4, -0.2) is 83.6 Å². The van der Waals surface area contributed by atoms with Crippen LogP contribution in [0.4, 0.5) is 11.4 Å². The molecule has 190 valence electrons. The first-order valence-corrected chi connectivity index (χ1v) is 12.7. The van der Waals surface area contributed by atoms with Crippen LogP contribution in [0.25, 0.3) is 0 Å². The van der Waals surface area contributed by atoms with Crippen LogP contribution in [0.2, 0.25) is 5.02 Å². The Morgan fingerprint density at radius 2 is 2.11 bits per heavy atom. The highest BCUT2D eigenvalue weighted by Crippen LogP contribution is 2.35. The van der Waals surface area contributed by atoms with Crippen molar-refractivity contribution in [3.05, 3.63) is 65.0 Å². The molecule has 1 aromatic heterocycles. The molecule has 1 aromatic carbocycles. The van der Waals surface area contributed by atoms with Crippen LogP contribution in [0, 0.1) is 6.92 Å². The van der Waals surface area contributed by atoms with Gasteiger partial charge in [-0.3, -0.25) is 19.5 Å². The van der Waals surface area contributed by atoms with Crippen LogP contribution >= 0.6 is 11.6 Å². The summed E-state index contributed by atoms with van der Waals surface area (Å²) in [5.74, 6) is 0.642. The zero-order valence-electron chi connectivity index (χ0n) is 21.1. The van der Waals surface area contributed by atoms with Crippen molar-refractivity contribution in [2.24, 2.45) is 4.99 Å². The summed E-state index contributed by atoms with van der Waals surface area (Å²) in [5, 5.41) is 4.12. The maximum Gasteiger partial charge on any atom is 0.259 e. The molecule has 4 rings (SSSR count). The third-order valence-corrected chi connectivity index (χ3v) is 6.52. The number of hydrogen-bond donors (Lipinski definition) is 1. The lowest BCUT2D eigenvalue weighted by Gasteiger charge is -2.26. The monoisotopic (exact) mass is 508 g/mol. The van der Waals surface area contributed by atoms with E-state index in [2.05, 4.69) is 10.3 Å². The predicted molar refractivity (Wildman–Crippen MR) is 144 cm³/mol. The molecule has 3 heterocycles. The number of halogens is 1. The van der Waals surface area contributed by atoms with E-state index in [0.29, 0.717) is 35.2 Å². The fraction of sp³-hybridized carbons (Fsp3) is 0.407. The molecule has 1 atom stereocenters. The third-order valence-electron chi connectivity index (χ3n) is 6.20. The van der Waals surface area contributed by atoms with E-state index in [1.807, 2.05) is 55.1 Å². The van der Waals surface area contributed by atoms with Gasteiger partial charge in [0.2, 0.25) is 5.91 Å². The van der Waals surface area contributed by atoms with Gasteiger partial charge in [0.15, 0.2) is 0 Å². The zero-order valence-corrected chi connectivity index (χ0v) is 21.8. The molecule has 2 aromatic rings. The maximum absolute atomic E-state index is 12.8. The molecule has 2 saturated heterocycles. The number of amides is 2. The van der Waals surface area contributed by atoms with Crippen molar-refractivity contribution >= 4 is 40.6 Å². The van der Waals surface area contributed by atoms with E-state index < -0.39 is 0 Å². The molecule has 8 nitrogen and oxygen atoms in total. The van der Waals surface area contributed by atoms with Gasteiger partial charge in [0, 0.05) is 49.2 Å². The molecule has 0 aliphatic carbocycles. The number of para-hydroxylation sites is 1. The molecule has 1 N–H and O–H groups in total. The minimum atomic E-state index is -0.0870. The Morgan fingerprint density at radius 3 is 2.89 bits per heavy atom. The Balaban J connectivity index is 1.46. The third kappa shape index (κ3) is 6.71. The zero-order chi connectivity index (χ0) is 25.7. The SMILES string of the molecule is Cc1cc(C(=O)N2C/C2=N\c2cccc(Cl)c2N[C@@H]2CCCCN(C(=O)/C=C/CN(C)C)C2)ccn1. The first kappa shape index (κ1) is 25.9. The largest absolute Gasteiger partial charge is 0.378 e. The van der Waals surface area contributed by atoms with Crippen molar-refractivity contribution in [1.82, 2.24) is 19.7 Å². The molecule has 0 spiro atoms. The number of aryl methyl sites for hydroxylation is 1. The molecular formula is C27H33ClN6O2. The Labute approximate surface area is 217 Å². The lowest BCUT2D eigenvalue weighted by atomic mass is 10.1. The van der Waals surface area contributed by atoms with E-state index in [9.17, 15) is 9.59 Å². The maximum atomic E-state index is 12.8. The van der Waals surface area contributed by atoms with Gasteiger partial charge in [-0.05, 0) is 64.5 Å². The average molecular weight is 509 g/mol. The summed E-state index contributed by atoms with van der Waals surface area (Å²) in [6.07, 6.45) is 8.12. The molecule has 0 radical (unpaired) electrons. The van der Waals surface area contributed by atoms with Gasteiger partial charge >= 0.3 is 0 Å². The minimum Gasteiger partial charge on any atom is -0.378 e. The van der Waals surface area contributed by atoms with Crippen molar-refractivity contribution in [3.63, 3.8) is 0 Å². The van der Waals surface area contributed by atoms with Gasteiger partial charge in [-0.25, -0.2) is 4.99 Å². The van der Waals surface area contributed by atoms with E-state index in [1.165, 1.54) is 0 Å². The molecule has 0 saturated carbocycles. The summed E-state index contributed by atoms with van der Waals surface area (Å²) in [6, 6.07) is 9.11. The average Bonchev–Trinajstić information content (AvgIpc) is 3.64. The van der Waals surface area contributed by atoms with Gasteiger partial charge < -0.3 is 15.1 Å². The minimum absolute atomic E-state index is 0.0312. The summed E-state index contributed by atoms with van der Waals surface area (Å²) in [7, 11) is 3.95. The highest BCUT2D eigenvalue weighted by atomic mass is 35.5. The Hall–Kier alpha value is -3.23. The number of rotatable bonds is 7. The fourth-order valence-electron chi connectivity index (χ4n) is 4.25. The smallest absolute Gasteiger partial charge is 0.259 e. The standard InChI is InChI=1S/C27H33ClN6O2/c1-19-16-20(12-13-29-19)27(36)34-18-24(34)31-23-10-6-9-22(28)26(23)30-21-8-4-5-15-33(17-21)25(35)11-7-14-32(2)3/h6-7,9-13,16,21,30H,4-5,8,14-15,17-18H2,1-3H3/b11-7+,31-24+/t21-,34?/m1/s1. The summed E-state index contributed by atoms with van der Waals surface area (Å²) >= 11 is 6.59. The summed E-state index contributed by atoms with van der Waals surface area (Å²) < 4.78 is 0. The number of anilines is 1. The predicted octanol–water partition coefficient (Wildman–Crippen LogP) is 4.14. The second kappa shape index (κ2) is 11.7. The van der Waals surface area contributed by atoms with Crippen molar-refractivity contribution in [1.29, 1.82) is 0 Å². The Kier molecular flexibility index (Phi) is 8.38.